The van der Waals surface area contributed by atoms with E-state index in [0.717, 1.165) is 48.1 Å². The minimum absolute atomic E-state index is 0.148. The predicted molar refractivity (Wildman–Crippen MR) is 189 cm³/mol. The first kappa shape index (κ1) is 35.5. The molecule has 2 heterocycles. The molecule has 0 radical (unpaired) electrons. The molecule has 2 N–H and O–H groups in total. The van der Waals surface area contributed by atoms with Gasteiger partial charge in [0.15, 0.2) is 11.5 Å². The number of fused-ring (bicyclic) bond motifs is 4. The van der Waals surface area contributed by atoms with Crippen LogP contribution in [0.5, 0.6) is 17.2 Å². The number of benzene rings is 1. The van der Waals surface area contributed by atoms with Crippen LogP contribution in [0.1, 0.15) is 88.3 Å². The van der Waals surface area contributed by atoms with Crippen molar-refractivity contribution in [3.63, 3.8) is 0 Å². The zero-order chi connectivity index (χ0) is 34.2. The highest BCUT2D eigenvalue weighted by molar-refractivity contribution is 5.83. The Balaban J connectivity index is 1.22. The summed E-state index contributed by atoms with van der Waals surface area (Å²) in [6.07, 6.45) is 10.7. The molecule has 0 bridgehead atoms. The Hall–Kier alpha value is -3.79. The van der Waals surface area contributed by atoms with Crippen LogP contribution in [0.15, 0.2) is 29.1 Å². The molecule has 2 amide bonds. The van der Waals surface area contributed by atoms with Gasteiger partial charge in [-0.15, -0.1) is 0 Å². The molecule has 3 atom stereocenters. The van der Waals surface area contributed by atoms with Gasteiger partial charge < -0.3 is 34.6 Å². The average molecular weight is 663 g/mol. The maximum absolute atomic E-state index is 13.6. The van der Waals surface area contributed by atoms with Gasteiger partial charge in [-0.1, -0.05) is 18.9 Å². The standard InChI is InChI=1S/C38H54N4O6/c1-25(43)40-30-17-15-26-22-34(46-3)37(47-4)38(48-5)36(26)28-16-18-31(33(44)23-29(28)30)39-19-9-6-7-14-35(45)41(2)24-27-12-11-21-42-20-10-8-13-32(27)42/h16,18,22-23,27,30,32H,6-15,17,19-21,24H2,1-5H3,(H,39,44)(H,40,43)/t27-,30-,32+/m0/s1. The van der Waals surface area contributed by atoms with Crippen LogP contribution in [0.25, 0.3) is 11.1 Å². The van der Waals surface area contributed by atoms with Gasteiger partial charge >= 0.3 is 0 Å². The Bertz CT molecular complexity index is 1510. The second-order valence-electron chi connectivity index (χ2n) is 13.6. The van der Waals surface area contributed by atoms with Crippen LogP contribution in [-0.4, -0.2) is 82.2 Å². The normalized spacial score (nSPS) is 20.3. The van der Waals surface area contributed by atoms with E-state index in [-0.39, 0.29) is 23.3 Å². The van der Waals surface area contributed by atoms with Gasteiger partial charge in [-0.05, 0) is 105 Å². The summed E-state index contributed by atoms with van der Waals surface area (Å²) in [6.45, 7) is 5.41. The topological polar surface area (TPSA) is 109 Å². The Morgan fingerprint density at radius 3 is 2.48 bits per heavy atom. The number of piperidine rings is 2. The molecule has 0 unspecified atom stereocenters. The van der Waals surface area contributed by atoms with Crippen molar-refractivity contribution < 1.29 is 23.8 Å². The van der Waals surface area contributed by atoms with Crippen molar-refractivity contribution in [1.29, 1.82) is 0 Å². The first-order valence-electron chi connectivity index (χ1n) is 17.7. The van der Waals surface area contributed by atoms with Gasteiger partial charge in [-0.2, -0.15) is 0 Å². The molecule has 10 nitrogen and oxygen atoms in total. The summed E-state index contributed by atoms with van der Waals surface area (Å²) in [5, 5.41) is 6.39. The lowest BCUT2D eigenvalue weighted by Crippen LogP contribution is -2.51. The minimum atomic E-state index is -0.352. The molecule has 0 saturated carbocycles. The molecule has 2 saturated heterocycles. The van der Waals surface area contributed by atoms with Gasteiger partial charge in [-0.3, -0.25) is 14.4 Å². The number of anilines is 1. The molecule has 0 aromatic heterocycles. The molecule has 1 aliphatic carbocycles. The number of ether oxygens (including phenoxy) is 3. The molecular formula is C38H54N4O6. The molecule has 0 spiro atoms. The SMILES string of the molecule is COc1cc2c(c(OC)c1OC)-c1ccc(NCCCCCC(=O)N(C)C[C@@H]3CCCN4CCCC[C@H]34)c(=O)cc1[C@@H](NC(C)=O)CC2. The highest BCUT2D eigenvalue weighted by atomic mass is 16.5. The van der Waals surface area contributed by atoms with Crippen molar-refractivity contribution >= 4 is 17.5 Å². The zero-order valence-corrected chi connectivity index (χ0v) is 29.5. The van der Waals surface area contributed by atoms with E-state index in [4.69, 9.17) is 14.2 Å². The summed E-state index contributed by atoms with van der Waals surface area (Å²) >= 11 is 0. The van der Waals surface area contributed by atoms with Gasteiger partial charge in [-0.25, -0.2) is 0 Å². The highest BCUT2D eigenvalue weighted by Gasteiger charge is 2.34. The van der Waals surface area contributed by atoms with Crippen LogP contribution >= 0.6 is 0 Å². The summed E-state index contributed by atoms with van der Waals surface area (Å²) in [5.41, 5.74) is 3.70. The van der Waals surface area contributed by atoms with E-state index in [2.05, 4.69) is 15.5 Å². The quantitative estimate of drug-likeness (QED) is 0.269. The maximum Gasteiger partial charge on any atom is 0.222 e. The van der Waals surface area contributed by atoms with E-state index in [1.165, 1.54) is 52.1 Å². The summed E-state index contributed by atoms with van der Waals surface area (Å²) in [7, 11) is 6.72. The maximum atomic E-state index is 13.6. The second-order valence-corrected chi connectivity index (χ2v) is 13.6. The summed E-state index contributed by atoms with van der Waals surface area (Å²) < 4.78 is 17.2. The van der Waals surface area contributed by atoms with Crippen LogP contribution in [0.4, 0.5) is 5.69 Å². The Morgan fingerprint density at radius 1 is 0.938 bits per heavy atom. The van der Waals surface area contributed by atoms with Gasteiger partial charge in [0, 0.05) is 45.1 Å². The Morgan fingerprint density at radius 2 is 1.73 bits per heavy atom. The van der Waals surface area contributed by atoms with Crippen molar-refractivity contribution in [2.24, 2.45) is 5.92 Å². The number of carbonyl (C=O) groups is 2. The third kappa shape index (κ3) is 8.08. The first-order chi connectivity index (χ1) is 23.2. The molecular weight excluding hydrogens is 608 g/mol. The van der Waals surface area contributed by atoms with Crippen molar-refractivity contribution in [2.45, 2.75) is 89.6 Å². The highest BCUT2D eigenvalue weighted by Crippen LogP contribution is 2.50. The Labute approximate surface area is 285 Å². The molecule has 5 rings (SSSR count). The van der Waals surface area contributed by atoms with Crippen molar-refractivity contribution in [1.82, 2.24) is 15.1 Å². The van der Waals surface area contributed by atoms with Crippen LogP contribution in [0, 0.1) is 5.92 Å². The lowest BCUT2D eigenvalue weighted by atomic mass is 9.83. The van der Waals surface area contributed by atoms with E-state index in [1.54, 1.807) is 27.4 Å². The number of methoxy groups -OCH3 is 3. The first-order valence-corrected chi connectivity index (χ1v) is 17.7. The molecule has 262 valence electrons. The molecule has 2 aromatic carbocycles. The number of hydrogen-bond acceptors (Lipinski definition) is 8. The van der Waals surface area contributed by atoms with Gasteiger partial charge in [0.1, 0.15) is 0 Å². The van der Waals surface area contributed by atoms with Gasteiger partial charge in [0.05, 0.1) is 33.1 Å². The number of carbonyl (C=O) groups excluding carboxylic acids is 2. The Kier molecular flexibility index (Phi) is 12.2. The fourth-order valence-electron chi connectivity index (χ4n) is 8.09. The summed E-state index contributed by atoms with van der Waals surface area (Å²) in [4.78, 5) is 43.4. The van der Waals surface area contributed by atoms with Crippen LogP contribution < -0.4 is 30.3 Å². The smallest absolute Gasteiger partial charge is 0.222 e. The van der Waals surface area contributed by atoms with Crippen molar-refractivity contribution in [3.05, 3.63) is 45.6 Å². The molecule has 2 fully saturated rings. The summed E-state index contributed by atoms with van der Waals surface area (Å²) in [5.74, 6) is 2.23. The lowest BCUT2D eigenvalue weighted by Gasteiger charge is -2.45. The minimum Gasteiger partial charge on any atom is -0.493 e. The largest absolute Gasteiger partial charge is 0.493 e. The van der Waals surface area contributed by atoms with E-state index < -0.39 is 0 Å². The van der Waals surface area contributed by atoms with E-state index in [9.17, 15) is 14.4 Å². The van der Waals surface area contributed by atoms with Crippen molar-refractivity contribution in [3.8, 4) is 28.4 Å². The lowest BCUT2D eigenvalue weighted by molar-refractivity contribution is -0.131. The second kappa shape index (κ2) is 16.5. The van der Waals surface area contributed by atoms with Crippen LogP contribution in [-0.2, 0) is 16.0 Å². The number of nitrogens with one attached hydrogen (secondary N) is 2. The van der Waals surface area contributed by atoms with E-state index in [0.29, 0.717) is 60.7 Å². The van der Waals surface area contributed by atoms with Crippen molar-refractivity contribution in [2.75, 3.05) is 59.9 Å². The van der Waals surface area contributed by atoms with E-state index >= 15 is 0 Å². The van der Waals surface area contributed by atoms with E-state index in [1.807, 2.05) is 30.1 Å². The van der Waals surface area contributed by atoms with Crippen LogP contribution in [0.3, 0.4) is 0 Å². The number of unbranched alkanes of at least 4 members (excludes halogenated alkanes) is 2. The van der Waals surface area contributed by atoms with Gasteiger partial charge in [0.2, 0.25) is 23.0 Å². The fraction of sp³-hybridized carbons (Fsp3) is 0.605. The number of nitrogens with zero attached hydrogens (tertiary/aromatic N) is 2. The van der Waals surface area contributed by atoms with Gasteiger partial charge in [0.25, 0.3) is 0 Å². The third-order valence-corrected chi connectivity index (χ3v) is 10.5. The molecule has 10 heteroatoms. The molecule has 2 aliphatic heterocycles. The summed E-state index contributed by atoms with van der Waals surface area (Å²) in [6, 6.07) is 7.62. The zero-order valence-electron chi connectivity index (χ0n) is 29.5. The molecule has 48 heavy (non-hydrogen) atoms. The molecule has 3 aliphatic rings. The third-order valence-electron chi connectivity index (χ3n) is 10.5. The fourth-order valence-corrected chi connectivity index (χ4v) is 8.09. The number of aryl methyl sites for hydroxylation is 1. The predicted octanol–water partition coefficient (Wildman–Crippen LogP) is 5.56. The average Bonchev–Trinajstić information content (AvgIpc) is 3.33. The number of hydrogen-bond donors (Lipinski definition) is 2. The monoisotopic (exact) mass is 662 g/mol. The van der Waals surface area contributed by atoms with Crippen LogP contribution in [0.2, 0.25) is 0 Å². The number of rotatable bonds is 13. The molecule has 2 aromatic rings. The number of amides is 2.